The molecular formula is C30H38N2O4S. The zero-order chi connectivity index (χ0) is 25.9. The number of phenolic OH excluding ortho intramolecular Hbond substituents is 1. The van der Waals surface area contributed by atoms with Crippen LogP contribution in [0.5, 0.6) is 11.5 Å². The number of benzene rings is 3. The highest BCUT2D eigenvalue weighted by Crippen LogP contribution is 2.37. The summed E-state index contributed by atoms with van der Waals surface area (Å²) in [6.07, 6.45) is 5.24. The lowest BCUT2D eigenvalue weighted by atomic mass is 10.1. The number of para-hydroxylation sites is 1. The molecule has 0 aliphatic carbocycles. The van der Waals surface area contributed by atoms with E-state index in [1.54, 1.807) is 6.07 Å². The number of nitrogens with one attached hydrogen (secondary N) is 2. The summed E-state index contributed by atoms with van der Waals surface area (Å²) in [5, 5.41) is 16.5. The maximum atomic E-state index is 12.2. The van der Waals surface area contributed by atoms with E-state index in [0.717, 1.165) is 79.1 Å². The number of fused-ring (bicyclic) bond motifs is 1. The van der Waals surface area contributed by atoms with Gasteiger partial charge in [0, 0.05) is 12.2 Å². The van der Waals surface area contributed by atoms with Gasteiger partial charge in [-0.3, -0.25) is 4.21 Å². The van der Waals surface area contributed by atoms with Crippen LogP contribution in [0, 0.1) is 0 Å². The molecule has 4 rings (SSSR count). The monoisotopic (exact) mass is 522 g/mol. The van der Waals surface area contributed by atoms with E-state index < -0.39 is 10.8 Å². The van der Waals surface area contributed by atoms with Crippen molar-refractivity contribution in [3.63, 3.8) is 0 Å². The number of unbranched alkanes of at least 4 members (excludes halogenated alkanes) is 3. The number of aromatic hydroxyl groups is 1. The molecule has 3 N–H and O–H groups in total. The van der Waals surface area contributed by atoms with E-state index in [0.29, 0.717) is 18.2 Å². The van der Waals surface area contributed by atoms with Crippen molar-refractivity contribution < 1.29 is 18.8 Å². The molecule has 3 aromatic carbocycles. The minimum Gasteiger partial charge on any atom is -0.506 e. The van der Waals surface area contributed by atoms with Gasteiger partial charge >= 0.3 is 0 Å². The van der Waals surface area contributed by atoms with Gasteiger partial charge in [-0.05, 0) is 62.5 Å². The van der Waals surface area contributed by atoms with Gasteiger partial charge in [-0.15, -0.1) is 0 Å². The first kappa shape index (κ1) is 27.2. The lowest BCUT2D eigenvalue weighted by molar-refractivity contribution is 0.0604. The maximum absolute atomic E-state index is 12.2. The summed E-state index contributed by atoms with van der Waals surface area (Å²) in [7, 11) is -1.08. The molecule has 1 heterocycles. The lowest BCUT2D eigenvalue weighted by Crippen LogP contribution is -2.19. The Bertz CT molecular complexity index is 1160. The first-order valence-corrected chi connectivity index (χ1v) is 14.5. The molecule has 0 spiro atoms. The first-order chi connectivity index (χ1) is 18.1. The van der Waals surface area contributed by atoms with Crippen molar-refractivity contribution in [2.24, 2.45) is 0 Å². The topological polar surface area (TPSA) is 79.8 Å². The van der Waals surface area contributed by atoms with Crippen LogP contribution in [0.2, 0.25) is 0 Å². The van der Waals surface area contributed by atoms with Crippen molar-refractivity contribution in [1.29, 1.82) is 0 Å². The quantitative estimate of drug-likeness (QED) is 0.170. The number of hydrogen-bond acceptors (Lipinski definition) is 6. The Kier molecular flexibility index (Phi) is 10.4. The van der Waals surface area contributed by atoms with Crippen LogP contribution in [-0.4, -0.2) is 34.9 Å². The molecule has 7 heteroatoms. The average molecular weight is 523 g/mol. The Morgan fingerprint density at radius 3 is 2.62 bits per heavy atom. The summed E-state index contributed by atoms with van der Waals surface area (Å²) in [6, 6.07) is 21.9. The molecule has 2 unspecified atom stereocenters. The summed E-state index contributed by atoms with van der Waals surface area (Å²) in [4.78, 5) is 0.765. The second-order valence-electron chi connectivity index (χ2n) is 9.35. The van der Waals surface area contributed by atoms with Crippen LogP contribution in [0.3, 0.4) is 0 Å². The Hall–Kier alpha value is -2.87. The van der Waals surface area contributed by atoms with Crippen molar-refractivity contribution in [1.82, 2.24) is 5.32 Å². The number of hydrogen-bond donors (Lipinski definition) is 3. The van der Waals surface area contributed by atoms with E-state index in [1.165, 1.54) is 0 Å². The van der Waals surface area contributed by atoms with E-state index in [9.17, 15) is 9.32 Å². The second-order valence-corrected chi connectivity index (χ2v) is 10.7. The molecule has 37 heavy (non-hydrogen) atoms. The van der Waals surface area contributed by atoms with Crippen LogP contribution in [0.15, 0.2) is 71.6 Å². The Morgan fingerprint density at radius 1 is 0.973 bits per heavy atom. The summed E-state index contributed by atoms with van der Waals surface area (Å²) in [5.74, 6) is 1.44. The average Bonchev–Trinajstić information content (AvgIpc) is 3.33. The van der Waals surface area contributed by atoms with Gasteiger partial charge < -0.3 is 25.2 Å². The molecule has 0 saturated heterocycles. The van der Waals surface area contributed by atoms with Crippen LogP contribution in [0.25, 0.3) is 0 Å². The largest absolute Gasteiger partial charge is 0.506 e. The molecule has 0 radical (unpaired) electrons. The summed E-state index contributed by atoms with van der Waals surface area (Å²) in [5.41, 5.74) is 3.91. The molecule has 0 fully saturated rings. The van der Waals surface area contributed by atoms with Crippen molar-refractivity contribution in [3.05, 3.63) is 83.4 Å². The Labute approximate surface area is 222 Å². The van der Waals surface area contributed by atoms with Crippen LogP contribution in [0.4, 0.5) is 5.69 Å². The van der Waals surface area contributed by atoms with E-state index in [-0.39, 0.29) is 11.9 Å². The van der Waals surface area contributed by atoms with Crippen LogP contribution < -0.4 is 15.4 Å². The molecule has 3 aromatic rings. The van der Waals surface area contributed by atoms with Crippen molar-refractivity contribution in [2.45, 2.75) is 56.6 Å². The van der Waals surface area contributed by atoms with Gasteiger partial charge in [-0.25, -0.2) is 0 Å². The highest BCUT2D eigenvalue weighted by atomic mass is 32.2. The SMILES string of the molecule is CC(OCCCCCCNCCc1ccc(O)c2c1S(=O)CN2)c1ccccc1OCc1ccccc1. The number of ether oxygens (including phenoxy) is 2. The molecule has 198 valence electrons. The van der Waals surface area contributed by atoms with Gasteiger partial charge in [-0.2, -0.15) is 0 Å². The van der Waals surface area contributed by atoms with Gasteiger partial charge in [0.15, 0.2) is 0 Å². The minimum absolute atomic E-state index is 0.0143. The van der Waals surface area contributed by atoms with Crippen LogP contribution in [-0.2, 0) is 28.6 Å². The third kappa shape index (κ3) is 7.81. The predicted molar refractivity (Wildman–Crippen MR) is 150 cm³/mol. The molecule has 1 aliphatic rings. The number of phenols is 1. The first-order valence-electron chi connectivity index (χ1n) is 13.2. The molecule has 2 atom stereocenters. The van der Waals surface area contributed by atoms with Gasteiger partial charge in [0.2, 0.25) is 0 Å². The number of anilines is 1. The molecular weight excluding hydrogens is 484 g/mol. The summed E-state index contributed by atoms with van der Waals surface area (Å²) >= 11 is 0. The van der Waals surface area contributed by atoms with Crippen molar-refractivity contribution in [2.75, 3.05) is 30.9 Å². The highest BCUT2D eigenvalue weighted by molar-refractivity contribution is 7.85. The standard InChI is InChI=1S/C30H38N2O4S/c1-23(26-13-7-8-14-28(26)36-21-24-11-5-4-6-12-24)35-20-10-3-2-9-18-31-19-17-25-15-16-27(33)29-30(25)37(34)22-32-29/h4-8,11-16,23,31-33H,2-3,9-10,17-22H2,1H3. The number of rotatable bonds is 15. The third-order valence-corrected chi connectivity index (χ3v) is 7.93. The third-order valence-electron chi connectivity index (χ3n) is 6.61. The fourth-order valence-electron chi connectivity index (χ4n) is 4.54. The molecule has 0 amide bonds. The van der Waals surface area contributed by atoms with E-state index in [2.05, 4.69) is 35.8 Å². The maximum Gasteiger partial charge on any atom is 0.139 e. The van der Waals surface area contributed by atoms with Gasteiger partial charge in [0.05, 0.1) is 33.4 Å². The molecule has 6 nitrogen and oxygen atoms in total. The van der Waals surface area contributed by atoms with E-state index in [4.69, 9.17) is 9.47 Å². The van der Waals surface area contributed by atoms with Crippen LogP contribution >= 0.6 is 0 Å². The zero-order valence-electron chi connectivity index (χ0n) is 21.6. The van der Waals surface area contributed by atoms with E-state index >= 15 is 0 Å². The summed E-state index contributed by atoms with van der Waals surface area (Å²) in [6.45, 7) is 5.17. The van der Waals surface area contributed by atoms with E-state index in [1.807, 2.05) is 42.5 Å². The Balaban J connectivity index is 1.07. The predicted octanol–water partition coefficient (Wildman–Crippen LogP) is 5.93. The fraction of sp³-hybridized carbons (Fsp3) is 0.400. The lowest BCUT2D eigenvalue weighted by Gasteiger charge is -2.18. The smallest absolute Gasteiger partial charge is 0.139 e. The molecule has 0 aromatic heterocycles. The van der Waals surface area contributed by atoms with Crippen molar-refractivity contribution >= 4 is 16.5 Å². The fourth-order valence-corrected chi connectivity index (χ4v) is 5.83. The van der Waals surface area contributed by atoms with Gasteiger partial charge in [0.1, 0.15) is 18.1 Å². The highest BCUT2D eigenvalue weighted by Gasteiger charge is 2.24. The van der Waals surface area contributed by atoms with Gasteiger partial charge in [0.25, 0.3) is 0 Å². The summed E-state index contributed by atoms with van der Waals surface area (Å²) < 4.78 is 24.4. The Morgan fingerprint density at radius 2 is 1.76 bits per heavy atom. The zero-order valence-corrected chi connectivity index (χ0v) is 22.4. The minimum atomic E-state index is -1.08. The molecule has 0 saturated carbocycles. The molecule has 1 aliphatic heterocycles. The normalized spacial score (nSPS) is 15.2. The van der Waals surface area contributed by atoms with Crippen molar-refractivity contribution in [3.8, 4) is 11.5 Å². The molecule has 0 bridgehead atoms. The van der Waals surface area contributed by atoms with Crippen LogP contribution in [0.1, 0.15) is 55.4 Å². The van der Waals surface area contributed by atoms with Gasteiger partial charge in [-0.1, -0.05) is 67.4 Å². The second kappa shape index (κ2) is 14.2.